The number of pyridine rings is 1. The Morgan fingerprint density at radius 1 is 1.36 bits per heavy atom. The predicted molar refractivity (Wildman–Crippen MR) is 102 cm³/mol. The molecule has 3 heterocycles. The van der Waals surface area contributed by atoms with Crippen molar-refractivity contribution in [1.29, 1.82) is 0 Å². The Labute approximate surface area is 169 Å². The number of Topliss-reactive ketones (excluding diaryl/α,β-unsaturated/α-hetero) is 1. The van der Waals surface area contributed by atoms with Crippen molar-refractivity contribution in [1.82, 2.24) is 9.88 Å². The van der Waals surface area contributed by atoms with Crippen molar-refractivity contribution in [2.75, 3.05) is 18.1 Å². The molecule has 2 aliphatic rings. The number of ketones is 1. The normalized spacial score (nSPS) is 21.0. The van der Waals surface area contributed by atoms with E-state index in [1.165, 1.54) is 35.3 Å². The maximum Gasteiger partial charge on any atom is 0.352 e. The molecule has 1 fully saturated rings. The third-order valence-corrected chi connectivity index (χ3v) is 6.77. The van der Waals surface area contributed by atoms with Gasteiger partial charge in [0.1, 0.15) is 18.1 Å². The molecular weight excluding hydrogens is 404 g/mol. The number of rotatable bonds is 8. The number of amides is 1. The van der Waals surface area contributed by atoms with Gasteiger partial charge in [-0.15, -0.1) is 23.5 Å². The summed E-state index contributed by atoms with van der Waals surface area (Å²) in [7, 11) is 0. The molecule has 0 radical (unpaired) electrons. The zero-order chi connectivity index (χ0) is 20.3. The molecule has 148 valence electrons. The summed E-state index contributed by atoms with van der Waals surface area (Å²) in [5.74, 6) is -2.15. The van der Waals surface area contributed by atoms with Crippen LogP contribution in [0.25, 0.3) is 0 Å². The van der Waals surface area contributed by atoms with Gasteiger partial charge in [0.15, 0.2) is 0 Å². The van der Waals surface area contributed by atoms with Gasteiger partial charge < -0.3 is 9.84 Å². The first kappa shape index (κ1) is 20.4. The van der Waals surface area contributed by atoms with Gasteiger partial charge in [-0.2, -0.15) is 0 Å². The van der Waals surface area contributed by atoms with Crippen LogP contribution in [0.1, 0.15) is 13.3 Å². The van der Waals surface area contributed by atoms with Crippen LogP contribution in [0.3, 0.4) is 0 Å². The third kappa shape index (κ3) is 4.39. The molecule has 2 aliphatic heterocycles. The van der Waals surface area contributed by atoms with E-state index in [9.17, 15) is 24.3 Å². The molecule has 28 heavy (non-hydrogen) atoms. The smallest absolute Gasteiger partial charge is 0.352 e. The number of carboxylic acid groups (broad SMARTS) is 1. The summed E-state index contributed by atoms with van der Waals surface area (Å²) in [5.41, 5.74) is 0.250. The number of aliphatic carboxylic acids is 1. The molecule has 0 unspecified atom stereocenters. The second kappa shape index (κ2) is 8.78. The number of nitrogens with zero attached hydrogens (tertiary/aromatic N) is 2. The first-order valence-electron chi connectivity index (χ1n) is 8.46. The third-order valence-electron chi connectivity index (χ3n) is 4.31. The fourth-order valence-corrected chi connectivity index (χ4v) is 5.18. The highest BCUT2D eigenvalue weighted by Crippen LogP contribution is 2.45. The van der Waals surface area contributed by atoms with Crippen molar-refractivity contribution in [2.45, 2.75) is 23.6 Å². The largest absolute Gasteiger partial charge is 0.477 e. The Morgan fingerprint density at radius 2 is 2.07 bits per heavy atom. The highest BCUT2D eigenvalue weighted by atomic mass is 32.2. The summed E-state index contributed by atoms with van der Waals surface area (Å²) in [6.07, 6.45) is 3.37. The van der Waals surface area contributed by atoms with Crippen LogP contribution in [0, 0.1) is 5.92 Å². The number of carbonyl (C=O) groups is 4. The number of carbonyl (C=O) groups excluding carboxylic acids is 3. The van der Waals surface area contributed by atoms with Crippen LogP contribution < -0.4 is 0 Å². The number of hydrogen-bond donors (Lipinski definition) is 1. The topological polar surface area (TPSA) is 114 Å². The van der Waals surface area contributed by atoms with Gasteiger partial charge in [-0.05, 0) is 12.1 Å². The van der Waals surface area contributed by atoms with E-state index >= 15 is 0 Å². The molecule has 1 N–H and O–H groups in total. The molecule has 0 bridgehead atoms. The molecule has 1 aromatic heterocycles. The minimum atomic E-state index is -1.24. The number of esters is 1. The Morgan fingerprint density at radius 3 is 2.71 bits per heavy atom. The molecule has 0 aliphatic carbocycles. The minimum absolute atomic E-state index is 0.0630. The number of β-lactam (4-membered cyclic amide) rings is 1. The van der Waals surface area contributed by atoms with Gasteiger partial charge in [0, 0.05) is 42.0 Å². The second-order valence-corrected chi connectivity index (χ2v) is 8.42. The summed E-state index contributed by atoms with van der Waals surface area (Å²) in [5, 5.41) is 9.14. The summed E-state index contributed by atoms with van der Waals surface area (Å²) in [6, 6.07) is 3.61. The summed E-state index contributed by atoms with van der Waals surface area (Å²) >= 11 is 2.77. The van der Waals surface area contributed by atoms with E-state index in [2.05, 4.69) is 4.98 Å². The summed E-state index contributed by atoms with van der Waals surface area (Å²) < 4.78 is 4.90. The van der Waals surface area contributed by atoms with Gasteiger partial charge in [-0.25, -0.2) is 4.79 Å². The van der Waals surface area contributed by atoms with Gasteiger partial charge in [-0.1, -0.05) is 0 Å². The van der Waals surface area contributed by atoms with E-state index in [4.69, 9.17) is 4.74 Å². The van der Waals surface area contributed by atoms with Crippen molar-refractivity contribution in [2.24, 2.45) is 5.92 Å². The van der Waals surface area contributed by atoms with Crippen molar-refractivity contribution in [3.05, 3.63) is 35.8 Å². The Hall–Kier alpha value is -2.33. The average Bonchev–Trinajstić information content (AvgIpc) is 2.68. The molecule has 1 aromatic rings. The molecule has 0 spiro atoms. The van der Waals surface area contributed by atoms with Crippen molar-refractivity contribution < 1.29 is 29.0 Å². The van der Waals surface area contributed by atoms with Gasteiger partial charge in [0.05, 0.1) is 17.0 Å². The number of carboxylic acids is 1. The van der Waals surface area contributed by atoms with Gasteiger partial charge >= 0.3 is 11.9 Å². The first-order chi connectivity index (χ1) is 13.4. The van der Waals surface area contributed by atoms with Crippen LogP contribution in [-0.2, 0) is 23.9 Å². The van der Waals surface area contributed by atoms with Crippen molar-refractivity contribution >= 4 is 47.2 Å². The Kier molecular flexibility index (Phi) is 6.40. The molecule has 8 nitrogen and oxygen atoms in total. The SMILES string of the molecule is CC(=O)OCC1=C(C(=O)O)N2C(=O)[C@@H](CC(=O)CSc3ccncc3)[C@H]2SC1. The number of fused-ring (bicyclic) bond motifs is 1. The predicted octanol–water partition coefficient (Wildman–Crippen LogP) is 1.57. The van der Waals surface area contributed by atoms with Crippen LogP contribution >= 0.6 is 23.5 Å². The fourth-order valence-electron chi connectivity index (χ4n) is 3.02. The number of aromatic nitrogens is 1. The number of ether oxygens (including phenoxy) is 1. The summed E-state index contributed by atoms with van der Waals surface area (Å²) in [6.45, 7) is 1.08. The van der Waals surface area contributed by atoms with E-state index in [1.807, 2.05) is 0 Å². The lowest BCUT2D eigenvalue weighted by atomic mass is 9.91. The molecule has 2 atom stereocenters. The molecule has 10 heteroatoms. The quantitative estimate of drug-likeness (QED) is 0.379. The van der Waals surface area contributed by atoms with E-state index < -0.39 is 17.9 Å². The minimum Gasteiger partial charge on any atom is -0.477 e. The van der Waals surface area contributed by atoms with Gasteiger partial charge in [0.25, 0.3) is 0 Å². The van der Waals surface area contributed by atoms with Crippen LogP contribution in [0.15, 0.2) is 40.7 Å². The van der Waals surface area contributed by atoms with Crippen LogP contribution in [0.4, 0.5) is 0 Å². The maximum atomic E-state index is 12.5. The zero-order valence-electron chi connectivity index (χ0n) is 15.0. The fraction of sp³-hybridized carbons (Fsp3) is 0.389. The lowest BCUT2D eigenvalue weighted by Crippen LogP contribution is -2.62. The number of thioether (sulfide) groups is 2. The van der Waals surface area contributed by atoms with Crippen LogP contribution in [0.5, 0.6) is 0 Å². The second-order valence-electron chi connectivity index (χ2n) is 6.27. The Bertz CT molecular complexity index is 842. The molecule has 1 amide bonds. The average molecular weight is 422 g/mol. The highest BCUT2D eigenvalue weighted by Gasteiger charge is 2.53. The number of hydrogen-bond acceptors (Lipinski definition) is 8. The monoisotopic (exact) mass is 422 g/mol. The first-order valence-corrected chi connectivity index (χ1v) is 10.5. The lowest BCUT2D eigenvalue weighted by Gasteiger charge is -2.49. The summed E-state index contributed by atoms with van der Waals surface area (Å²) in [4.78, 5) is 53.5. The maximum absolute atomic E-state index is 12.5. The standard InChI is InChI=1S/C18H18N2O6S2/c1-10(21)26-7-11-8-28-17-14(16(23)20(17)15(11)18(24)25)6-12(22)9-27-13-2-4-19-5-3-13/h2-5,14,17H,6-9H2,1H3,(H,24,25)/t14-,17-/m1/s1. The molecular formula is C18H18N2O6S2. The van der Waals surface area contributed by atoms with E-state index in [1.54, 1.807) is 24.5 Å². The Balaban J connectivity index is 1.62. The molecule has 1 saturated heterocycles. The highest BCUT2D eigenvalue weighted by molar-refractivity contribution is 8.00. The van der Waals surface area contributed by atoms with Gasteiger partial charge in [0.2, 0.25) is 5.91 Å². The van der Waals surface area contributed by atoms with E-state index in [-0.39, 0.29) is 41.5 Å². The van der Waals surface area contributed by atoms with Crippen molar-refractivity contribution in [3.63, 3.8) is 0 Å². The zero-order valence-corrected chi connectivity index (χ0v) is 16.6. The molecule has 0 saturated carbocycles. The van der Waals surface area contributed by atoms with Crippen LogP contribution in [0.2, 0.25) is 0 Å². The molecule has 3 rings (SSSR count). The van der Waals surface area contributed by atoms with E-state index in [0.29, 0.717) is 11.3 Å². The molecule has 0 aromatic carbocycles. The van der Waals surface area contributed by atoms with Crippen LogP contribution in [-0.4, -0.2) is 62.1 Å². The van der Waals surface area contributed by atoms with Crippen molar-refractivity contribution in [3.8, 4) is 0 Å². The lowest BCUT2D eigenvalue weighted by molar-refractivity contribution is -0.154. The van der Waals surface area contributed by atoms with Gasteiger partial charge in [-0.3, -0.25) is 24.3 Å². The van der Waals surface area contributed by atoms with E-state index in [0.717, 1.165) is 4.90 Å².